The molecule has 0 aliphatic carbocycles. The normalized spacial score (nSPS) is 10.5. The fourth-order valence-corrected chi connectivity index (χ4v) is 3.37. The second-order valence-electron chi connectivity index (χ2n) is 5.00. The molecule has 0 saturated carbocycles. The van der Waals surface area contributed by atoms with E-state index in [0.717, 1.165) is 23.9 Å². The van der Waals surface area contributed by atoms with E-state index in [1.54, 1.807) is 18.2 Å². The summed E-state index contributed by atoms with van der Waals surface area (Å²) in [4.78, 5) is 12.5. The zero-order valence-electron chi connectivity index (χ0n) is 14.3. The second-order valence-corrected chi connectivity index (χ2v) is 6.69. The molecule has 0 aliphatic rings. The van der Waals surface area contributed by atoms with Crippen molar-refractivity contribution in [3.63, 3.8) is 0 Å². The van der Waals surface area contributed by atoms with Crippen LogP contribution in [-0.4, -0.2) is 38.1 Å². The molecule has 2 rings (SSSR count). The Bertz CT molecular complexity index is 662. The first-order valence-corrected chi connectivity index (χ1v) is 8.90. The summed E-state index contributed by atoms with van der Waals surface area (Å²) in [6.07, 6.45) is 2.14. The molecule has 0 fully saturated rings. The summed E-state index contributed by atoms with van der Waals surface area (Å²) in [6, 6.07) is 12.8. The van der Waals surface area contributed by atoms with Gasteiger partial charge in [-0.05, 0) is 44.6 Å². The molecule has 6 heteroatoms. The van der Waals surface area contributed by atoms with E-state index in [2.05, 4.69) is 6.92 Å². The minimum absolute atomic E-state index is 0. The molecular weight excluding hydrogens is 338 g/mol. The number of halogens is 1. The SMILES string of the molecule is CCCCOc1ccc(PC(=O)c2c(Cl)cccc2OC)cc1.[Li]. The average Bonchev–Trinajstić information content (AvgIpc) is 2.56. The Hall–Kier alpha value is -0.973. The van der Waals surface area contributed by atoms with E-state index < -0.39 is 0 Å². The van der Waals surface area contributed by atoms with Crippen LogP contribution in [0.2, 0.25) is 5.02 Å². The van der Waals surface area contributed by atoms with Crippen LogP contribution in [0.5, 0.6) is 11.5 Å². The number of rotatable bonds is 8. The Labute approximate surface area is 162 Å². The maximum atomic E-state index is 12.5. The van der Waals surface area contributed by atoms with Crippen LogP contribution in [-0.2, 0) is 0 Å². The van der Waals surface area contributed by atoms with E-state index in [9.17, 15) is 4.79 Å². The maximum Gasteiger partial charge on any atom is 0.190 e. The monoisotopic (exact) mass is 357 g/mol. The fraction of sp³-hybridized carbons (Fsp3) is 0.278. The van der Waals surface area contributed by atoms with Crippen molar-refractivity contribution < 1.29 is 14.3 Å². The van der Waals surface area contributed by atoms with Crippen LogP contribution in [0.25, 0.3) is 0 Å². The molecule has 2 aromatic rings. The van der Waals surface area contributed by atoms with Crippen molar-refractivity contribution in [3.05, 3.63) is 53.1 Å². The minimum Gasteiger partial charge on any atom is -0.496 e. The Morgan fingerprint density at radius 1 is 1.17 bits per heavy atom. The Morgan fingerprint density at radius 2 is 1.88 bits per heavy atom. The first kappa shape index (κ1) is 21.1. The summed E-state index contributed by atoms with van der Waals surface area (Å²) in [5, 5.41) is 1.36. The molecule has 0 N–H and O–H groups in total. The van der Waals surface area contributed by atoms with Crippen LogP contribution in [0.1, 0.15) is 30.1 Å². The van der Waals surface area contributed by atoms with Gasteiger partial charge in [-0.25, -0.2) is 0 Å². The summed E-state index contributed by atoms with van der Waals surface area (Å²) in [7, 11) is 1.53. The molecule has 1 radical (unpaired) electrons. The zero-order valence-corrected chi connectivity index (χ0v) is 16.0. The number of carbonyl (C=O) groups excluding carboxylic acids is 1. The van der Waals surface area contributed by atoms with Gasteiger partial charge in [0.15, 0.2) is 5.52 Å². The van der Waals surface area contributed by atoms with Crippen LogP contribution < -0.4 is 14.8 Å². The molecule has 123 valence electrons. The summed E-state index contributed by atoms with van der Waals surface area (Å²) in [5.41, 5.74) is 0.408. The second kappa shape index (κ2) is 10.8. The van der Waals surface area contributed by atoms with E-state index in [0.29, 0.717) is 22.9 Å². The average molecular weight is 358 g/mol. The quantitative estimate of drug-likeness (QED) is 0.401. The van der Waals surface area contributed by atoms with Crippen molar-refractivity contribution >= 4 is 49.9 Å². The van der Waals surface area contributed by atoms with Crippen molar-refractivity contribution in [2.24, 2.45) is 0 Å². The van der Waals surface area contributed by atoms with Crippen LogP contribution >= 0.6 is 20.2 Å². The van der Waals surface area contributed by atoms with Gasteiger partial charge in [0.05, 0.1) is 24.3 Å². The van der Waals surface area contributed by atoms with E-state index >= 15 is 0 Å². The third-order valence-electron chi connectivity index (χ3n) is 3.30. The van der Waals surface area contributed by atoms with Crippen LogP contribution in [0, 0.1) is 0 Å². The number of methoxy groups -OCH3 is 1. The Kier molecular flexibility index (Phi) is 9.48. The zero-order chi connectivity index (χ0) is 16.7. The molecule has 0 bridgehead atoms. The molecule has 2 aromatic carbocycles. The molecule has 3 nitrogen and oxygen atoms in total. The van der Waals surface area contributed by atoms with Crippen LogP contribution in [0.3, 0.4) is 0 Å². The maximum absolute atomic E-state index is 12.5. The molecule has 0 heterocycles. The molecule has 0 aliphatic heterocycles. The van der Waals surface area contributed by atoms with Gasteiger partial charge in [-0.2, -0.15) is 0 Å². The summed E-state index contributed by atoms with van der Waals surface area (Å²) >= 11 is 6.15. The van der Waals surface area contributed by atoms with Gasteiger partial charge in [0.2, 0.25) is 0 Å². The number of carbonyl (C=O) groups is 1. The summed E-state index contributed by atoms with van der Waals surface area (Å²) < 4.78 is 10.9. The number of hydrogen-bond acceptors (Lipinski definition) is 3. The van der Waals surface area contributed by atoms with Gasteiger partial charge in [0.1, 0.15) is 11.5 Å². The number of ether oxygens (including phenoxy) is 2. The largest absolute Gasteiger partial charge is 0.496 e. The molecule has 0 spiro atoms. The molecule has 0 amide bonds. The van der Waals surface area contributed by atoms with E-state index in [1.807, 2.05) is 24.3 Å². The number of benzene rings is 2. The van der Waals surface area contributed by atoms with Gasteiger partial charge in [-0.3, -0.25) is 4.79 Å². The van der Waals surface area contributed by atoms with E-state index in [-0.39, 0.29) is 33.0 Å². The molecular formula is C18H20ClLiO3P. The van der Waals surface area contributed by atoms with Gasteiger partial charge in [-0.15, -0.1) is 0 Å². The first-order chi connectivity index (χ1) is 11.2. The molecule has 0 saturated heterocycles. The smallest absolute Gasteiger partial charge is 0.190 e. The number of unbranched alkanes of at least 4 members (excludes halogenated alkanes) is 1. The van der Waals surface area contributed by atoms with Crippen molar-refractivity contribution in [2.75, 3.05) is 13.7 Å². The number of hydrogen-bond donors (Lipinski definition) is 0. The topological polar surface area (TPSA) is 35.5 Å². The van der Waals surface area contributed by atoms with Gasteiger partial charge < -0.3 is 9.47 Å². The van der Waals surface area contributed by atoms with Crippen molar-refractivity contribution in [1.82, 2.24) is 0 Å². The molecule has 1 atom stereocenters. The van der Waals surface area contributed by atoms with Crippen molar-refractivity contribution in [3.8, 4) is 11.5 Å². The summed E-state index contributed by atoms with van der Waals surface area (Å²) in [5.74, 6) is 1.34. The van der Waals surface area contributed by atoms with Gasteiger partial charge >= 0.3 is 0 Å². The molecule has 0 aromatic heterocycles. The predicted molar refractivity (Wildman–Crippen MR) is 103 cm³/mol. The van der Waals surface area contributed by atoms with Gasteiger partial charge in [0, 0.05) is 18.9 Å². The van der Waals surface area contributed by atoms with Crippen molar-refractivity contribution in [1.29, 1.82) is 0 Å². The first-order valence-electron chi connectivity index (χ1n) is 7.52. The van der Waals surface area contributed by atoms with Crippen LogP contribution in [0.4, 0.5) is 0 Å². The third-order valence-corrected chi connectivity index (χ3v) is 4.72. The Balaban J connectivity index is 0.00000288. The molecule has 1 unspecified atom stereocenters. The standard InChI is InChI=1S/C18H20ClO3P.Li/c1-3-4-12-22-13-8-10-14(11-9-13)23-18(20)17-15(19)6-5-7-16(17)21-2;/h5-11,23H,3-4,12H2,1-2H3;. The summed E-state index contributed by atoms with van der Waals surface area (Å²) in [6.45, 7) is 2.84. The minimum atomic E-state index is -0.0351. The van der Waals surface area contributed by atoms with E-state index in [1.165, 1.54) is 7.11 Å². The van der Waals surface area contributed by atoms with Gasteiger partial charge in [0.25, 0.3) is 0 Å². The fourth-order valence-electron chi connectivity index (χ4n) is 2.06. The third kappa shape index (κ3) is 5.83. The van der Waals surface area contributed by atoms with E-state index in [4.69, 9.17) is 21.1 Å². The molecule has 24 heavy (non-hydrogen) atoms. The van der Waals surface area contributed by atoms with Crippen molar-refractivity contribution in [2.45, 2.75) is 19.8 Å². The predicted octanol–water partition coefficient (Wildman–Crippen LogP) is 4.29. The van der Waals surface area contributed by atoms with Crippen LogP contribution in [0.15, 0.2) is 42.5 Å². The Morgan fingerprint density at radius 3 is 2.50 bits per heavy atom. The van der Waals surface area contributed by atoms with Gasteiger partial charge in [-0.1, -0.05) is 43.1 Å².